The molecule has 2 atom stereocenters. The minimum Gasteiger partial charge on any atom is -0.496 e. The fourth-order valence-electron chi connectivity index (χ4n) is 2.90. The number of carbonyl (C=O) groups excluding carboxylic acids is 1. The molecule has 0 aromatic heterocycles. The standard InChI is InChI=1S/C15H21FN2O2/c1-20-13-7-3-6-12(16)14(13)15(19)18-9-11-5-2-4-10(11)8-17/h3,6-7,10-11H,2,4-5,8-9,17H2,1H3,(H,18,19). The molecular weight excluding hydrogens is 259 g/mol. The molecule has 1 amide bonds. The molecule has 2 unspecified atom stereocenters. The molecule has 1 aromatic carbocycles. The summed E-state index contributed by atoms with van der Waals surface area (Å²) in [5.41, 5.74) is 5.69. The van der Waals surface area contributed by atoms with E-state index >= 15 is 0 Å². The summed E-state index contributed by atoms with van der Waals surface area (Å²) in [6.07, 6.45) is 3.32. The summed E-state index contributed by atoms with van der Waals surface area (Å²) in [6.45, 7) is 1.18. The van der Waals surface area contributed by atoms with Crippen molar-refractivity contribution >= 4 is 5.91 Å². The van der Waals surface area contributed by atoms with Crippen molar-refractivity contribution in [3.63, 3.8) is 0 Å². The number of nitrogens with two attached hydrogens (primary N) is 1. The third-order valence-corrected chi connectivity index (χ3v) is 4.07. The van der Waals surface area contributed by atoms with E-state index in [9.17, 15) is 9.18 Å². The second-order valence-corrected chi connectivity index (χ2v) is 5.21. The van der Waals surface area contributed by atoms with Crippen molar-refractivity contribution < 1.29 is 13.9 Å². The maximum absolute atomic E-state index is 13.8. The van der Waals surface area contributed by atoms with Crippen LogP contribution in [-0.2, 0) is 0 Å². The van der Waals surface area contributed by atoms with Crippen LogP contribution < -0.4 is 15.8 Å². The van der Waals surface area contributed by atoms with Crippen molar-refractivity contribution in [2.24, 2.45) is 17.6 Å². The van der Waals surface area contributed by atoms with Gasteiger partial charge in [-0.25, -0.2) is 4.39 Å². The van der Waals surface area contributed by atoms with Crippen LogP contribution in [-0.4, -0.2) is 26.1 Å². The van der Waals surface area contributed by atoms with E-state index in [0.29, 0.717) is 24.9 Å². The maximum atomic E-state index is 13.8. The summed E-state index contributed by atoms with van der Waals surface area (Å²) in [6, 6.07) is 4.36. The smallest absolute Gasteiger partial charge is 0.258 e. The molecule has 2 rings (SSSR count). The molecule has 20 heavy (non-hydrogen) atoms. The third kappa shape index (κ3) is 3.10. The fourth-order valence-corrected chi connectivity index (χ4v) is 2.90. The largest absolute Gasteiger partial charge is 0.496 e. The molecule has 0 aliphatic heterocycles. The highest BCUT2D eigenvalue weighted by molar-refractivity contribution is 5.97. The Kier molecular flexibility index (Phi) is 4.95. The Hall–Kier alpha value is -1.62. The van der Waals surface area contributed by atoms with Crippen LogP contribution in [0.5, 0.6) is 5.75 Å². The van der Waals surface area contributed by atoms with E-state index < -0.39 is 11.7 Å². The van der Waals surface area contributed by atoms with Crippen LogP contribution in [0.3, 0.4) is 0 Å². The SMILES string of the molecule is COc1cccc(F)c1C(=O)NCC1CCCC1CN. The third-order valence-electron chi connectivity index (χ3n) is 4.07. The summed E-state index contributed by atoms with van der Waals surface area (Å²) in [5, 5.41) is 2.81. The van der Waals surface area contributed by atoms with Gasteiger partial charge in [0.05, 0.1) is 7.11 Å². The van der Waals surface area contributed by atoms with Crippen molar-refractivity contribution in [2.75, 3.05) is 20.2 Å². The van der Waals surface area contributed by atoms with Gasteiger partial charge in [0.15, 0.2) is 0 Å². The second kappa shape index (κ2) is 6.70. The molecule has 1 aliphatic rings. The van der Waals surface area contributed by atoms with Gasteiger partial charge >= 0.3 is 0 Å². The first-order chi connectivity index (χ1) is 9.67. The molecule has 1 aromatic rings. The normalized spacial score (nSPS) is 21.8. The number of halogens is 1. The summed E-state index contributed by atoms with van der Waals surface area (Å²) >= 11 is 0. The summed E-state index contributed by atoms with van der Waals surface area (Å²) < 4.78 is 18.8. The molecule has 1 aliphatic carbocycles. The number of benzene rings is 1. The van der Waals surface area contributed by atoms with E-state index in [2.05, 4.69) is 5.32 Å². The van der Waals surface area contributed by atoms with Gasteiger partial charge in [0.1, 0.15) is 17.1 Å². The Labute approximate surface area is 118 Å². The van der Waals surface area contributed by atoms with E-state index in [4.69, 9.17) is 10.5 Å². The van der Waals surface area contributed by atoms with Gasteiger partial charge < -0.3 is 15.8 Å². The Morgan fingerprint density at radius 3 is 2.90 bits per heavy atom. The second-order valence-electron chi connectivity index (χ2n) is 5.21. The van der Waals surface area contributed by atoms with E-state index in [1.165, 1.54) is 19.2 Å². The average molecular weight is 280 g/mol. The zero-order valence-electron chi connectivity index (χ0n) is 11.7. The fraction of sp³-hybridized carbons (Fsp3) is 0.533. The van der Waals surface area contributed by atoms with Crippen LogP contribution in [0.25, 0.3) is 0 Å². The lowest BCUT2D eigenvalue weighted by Gasteiger charge is -2.18. The molecule has 0 spiro atoms. The lowest BCUT2D eigenvalue weighted by atomic mass is 9.96. The predicted molar refractivity (Wildman–Crippen MR) is 75.2 cm³/mol. The molecule has 5 heteroatoms. The molecule has 3 N–H and O–H groups in total. The van der Waals surface area contributed by atoms with Crippen molar-refractivity contribution in [1.29, 1.82) is 0 Å². The van der Waals surface area contributed by atoms with Gasteiger partial charge in [-0.1, -0.05) is 12.5 Å². The van der Waals surface area contributed by atoms with Crippen molar-refractivity contribution in [1.82, 2.24) is 5.32 Å². The number of hydrogen-bond donors (Lipinski definition) is 2. The van der Waals surface area contributed by atoms with Gasteiger partial charge in [0, 0.05) is 6.54 Å². The number of rotatable bonds is 5. The number of carbonyl (C=O) groups is 1. The van der Waals surface area contributed by atoms with Gasteiger partial charge in [-0.05, 0) is 43.4 Å². The zero-order chi connectivity index (χ0) is 14.5. The molecule has 4 nitrogen and oxygen atoms in total. The molecular formula is C15H21FN2O2. The van der Waals surface area contributed by atoms with E-state index in [1.54, 1.807) is 6.07 Å². The predicted octanol–water partition coefficient (Wildman–Crippen LogP) is 1.94. The van der Waals surface area contributed by atoms with Crippen LogP contribution in [0.15, 0.2) is 18.2 Å². The van der Waals surface area contributed by atoms with E-state index in [0.717, 1.165) is 19.3 Å². The quantitative estimate of drug-likeness (QED) is 0.866. The molecule has 0 heterocycles. The van der Waals surface area contributed by atoms with Crippen LogP contribution in [0, 0.1) is 17.7 Å². The van der Waals surface area contributed by atoms with Gasteiger partial charge in [-0.2, -0.15) is 0 Å². The highest BCUT2D eigenvalue weighted by Gasteiger charge is 2.27. The lowest BCUT2D eigenvalue weighted by molar-refractivity contribution is 0.0936. The topological polar surface area (TPSA) is 64.3 Å². The Balaban J connectivity index is 2.02. The Morgan fingerprint density at radius 2 is 2.20 bits per heavy atom. The first kappa shape index (κ1) is 14.8. The average Bonchev–Trinajstić information content (AvgIpc) is 2.91. The molecule has 1 saturated carbocycles. The first-order valence-corrected chi connectivity index (χ1v) is 6.98. The first-order valence-electron chi connectivity index (χ1n) is 6.98. The summed E-state index contributed by atoms with van der Waals surface area (Å²) in [4.78, 5) is 12.1. The van der Waals surface area contributed by atoms with Gasteiger partial charge in [-0.3, -0.25) is 4.79 Å². The van der Waals surface area contributed by atoms with Crippen LogP contribution in [0.2, 0.25) is 0 Å². The maximum Gasteiger partial charge on any atom is 0.258 e. The lowest BCUT2D eigenvalue weighted by Crippen LogP contribution is -2.33. The van der Waals surface area contributed by atoms with Crippen molar-refractivity contribution in [3.8, 4) is 5.75 Å². The monoisotopic (exact) mass is 280 g/mol. The van der Waals surface area contributed by atoms with Crippen molar-refractivity contribution in [2.45, 2.75) is 19.3 Å². The van der Waals surface area contributed by atoms with Crippen LogP contribution in [0.1, 0.15) is 29.6 Å². The number of amides is 1. The minimum atomic E-state index is -0.566. The van der Waals surface area contributed by atoms with Gasteiger partial charge in [0.25, 0.3) is 5.91 Å². The van der Waals surface area contributed by atoms with Gasteiger partial charge in [-0.15, -0.1) is 0 Å². The highest BCUT2D eigenvalue weighted by Crippen LogP contribution is 2.30. The number of hydrogen-bond acceptors (Lipinski definition) is 3. The van der Waals surface area contributed by atoms with Gasteiger partial charge in [0.2, 0.25) is 0 Å². The molecule has 110 valence electrons. The van der Waals surface area contributed by atoms with Crippen LogP contribution >= 0.6 is 0 Å². The van der Waals surface area contributed by atoms with Crippen LogP contribution in [0.4, 0.5) is 4.39 Å². The Bertz CT molecular complexity index is 479. The number of methoxy groups -OCH3 is 1. The van der Waals surface area contributed by atoms with E-state index in [1.807, 2.05) is 0 Å². The number of ether oxygens (including phenoxy) is 1. The molecule has 0 radical (unpaired) electrons. The molecule has 0 bridgehead atoms. The van der Waals surface area contributed by atoms with Crippen molar-refractivity contribution in [3.05, 3.63) is 29.6 Å². The number of nitrogens with one attached hydrogen (secondary N) is 1. The molecule has 1 fully saturated rings. The molecule has 0 saturated heterocycles. The van der Waals surface area contributed by atoms with E-state index in [-0.39, 0.29) is 11.3 Å². The minimum absolute atomic E-state index is 0.0303. The summed E-state index contributed by atoms with van der Waals surface area (Å²) in [5.74, 6) is 0.107. The summed E-state index contributed by atoms with van der Waals surface area (Å²) in [7, 11) is 1.42. The zero-order valence-corrected chi connectivity index (χ0v) is 11.7. The Morgan fingerprint density at radius 1 is 1.45 bits per heavy atom. The highest BCUT2D eigenvalue weighted by atomic mass is 19.1.